The molecule has 8 heteroatoms. The minimum Gasteiger partial charge on any atom is -0.493 e. The molecule has 1 aromatic heterocycles. The molecule has 1 atom stereocenters. The summed E-state index contributed by atoms with van der Waals surface area (Å²) in [7, 11) is 1.58. The van der Waals surface area contributed by atoms with Gasteiger partial charge < -0.3 is 19.8 Å². The summed E-state index contributed by atoms with van der Waals surface area (Å²) in [6.07, 6.45) is 1.99. The second kappa shape index (κ2) is 10.2. The first kappa shape index (κ1) is 24.2. The van der Waals surface area contributed by atoms with Gasteiger partial charge in [-0.2, -0.15) is 0 Å². The third-order valence-corrected chi connectivity index (χ3v) is 7.50. The zero-order valence-electron chi connectivity index (χ0n) is 20.6. The number of hydrogen-bond donors (Lipinski definition) is 2. The zero-order valence-corrected chi connectivity index (χ0v) is 21.5. The number of Topliss-reactive ketones (excluding diaryl/α,β-unsaturated/α-hetero) is 1. The van der Waals surface area contributed by atoms with Crippen molar-refractivity contribution in [3.8, 4) is 11.5 Å². The largest absolute Gasteiger partial charge is 0.493 e. The Bertz CT molecular complexity index is 1390. The van der Waals surface area contributed by atoms with Crippen LogP contribution >= 0.6 is 11.8 Å². The van der Waals surface area contributed by atoms with E-state index in [2.05, 4.69) is 41.5 Å². The predicted octanol–water partition coefficient (Wildman–Crippen LogP) is 5.34. The summed E-state index contributed by atoms with van der Waals surface area (Å²) in [6.45, 7) is 4.47. The number of carbonyl (C=O) groups excluding carboxylic acids is 1. The van der Waals surface area contributed by atoms with Gasteiger partial charge in [-0.1, -0.05) is 47.7 Å². The number of fused-ring (bicyclic) bond motifs is 1. The Morgan fingerprint density at radius 3 is 2.64 bits per heavy atom. The second-order valence-electron chi connectivity index (χ2n) is 8.98. The highest BCUT2D eigenvalue weighted by Crippen LogP contribution is 2.45. The number of methoxy groups -OCH3 is 1. The molecule has 0 radical (unpaired) electrons. The molecule has 36 heavy (non-hydrogen) atoms. The van der Waals surface area contributed by atoms with Crippen LogP contribution in [0.15, 0.2) is 63.7 Å². The molecule has 5 rings (SSSR count). The highest BCUT2D eigenvalue weighted by atomic mass is 32.2. The molecule has 7 nitrogen and oxygen atoms in total. The molecule has 0 spiro atoms. The van der Waals surface area contributed by atoms with Crippen LogP contribution in [0.4, 0.5) is 5.82 Å². The van der Waals surface area contributed by atoms with E-state index in [-0.39, 0.29) is 11.3 Å². The Morgan fingerprint density at radius 2 is 1.89 bits per heavy atom. The lowest BCUT2D eigenvalue weighted by Crippen LogP contribution is -2.32. The fraction of sp³-hybridized carbons (Fsp3) is 0.321. The molecule has 3 aromatic rings. The summed E-state index contributed by atoms with van der Waals surface area (Å²) in [4.78, 5) is 34.3. The first-order chi connectivity index (χ1) is 17.5. The number of carbonyl (C=O) groups is 1. The van der Waals surface area contributed by atoms with Gasteiger partial charge in [0.05, 0.1) is 19.3 Å². The first-order valence-corrected chi connectivity index (χ1v) is 13.1. The highest BCUT2D eigenvalue weighted by Gasteiger charge is 2.38. The Balaban J connectivity index is 1.56. The summed E-state index contributed by atoms with van der Waals surface area (Å²) in [5.74, 6) is 1.92. The van der Waals surface area contributed by atoms with Gasteiger partial charge in [0.2, 0.25) is 0 Å². The average molecular weight is 504 g/mol. The maximum atomic E-state index is 13.5. The molecular formula is C28H29N3O4S. The third-order valence-electron chi connectivity index (χ3n) is 6.55. The number of H-pyrrole nitrogens is 1. The van der Waals surface area contributed by atoms with E-state index < -0.39 is 5.92 Å². The van der Waals surface area contributed by atoms with E-state index in [9.17, 15) is 9.59 Å². The van der Waals surface area contributed by atoms with Crippen LogP contribution in [-0.2, 0) is 10.5 Å². The van der Waals surface area contributed by atoms with Crippen LogP contribution in [0.1, 0.15) is 54.4 Å². The Morgan fingerprint density at radius 1 is 1.08 bits per heavy atom. The number of nitrogens with one attached hydrogen (secondary N) is 2. The quantitative estimate of drug-likeness (QED) is 0.332. The molecule has 186 valence electrons. The minimum atomic E-state index is -0.527. The van der Waals surface area contributed by atoms with Crippen LogP contribution in [0.3, 0.4) is 0 Å². The number of nitrogens with zero attached hydrogens (tertiary/aromatic N) is 1. The molecule has 0 amide bonds. The molecule has 1 unspecified atom stereocenters. The fourth-order valence-electron chi connectivity index (χ4n) is 4.82. The van der Waals surface area contributed by atoms with E-state index in [1.807, 2.05) is 25.1 Å². The fourth-order valence-corrected chi connectivity index (χ4v) is 5.63. The zero-order chi connectivity index (χ0) is 25.2. The normalized spacial score (nSPS) is 16.8. The van der Waals surface area contributed by atoms with E-state index in [0.717, 1.165) is 29.7 Å². The van der Waals surface area contributed by atoms with Crippen molar-refractivity contribution in [2.75, 3.05) is 19.0 Å². The van der Waals surface area contributed by atoms with Crippen LogP contribution in [0.2, 0.25) is 0 Å². The number of hydrogen-bond acceptors (Lipinski definition) is 7. The average Bonchev–Trinajstić information content (AvgIpc) is 2.88. The van der Waals surface area contributed by atoms with Crippen LogP contribution in [-0.4, -0.2) is 29.5 Å². The topological polar surface area (TPSA) is 93.3 Å². The van der Waals surface area contributed by atoms with Gasteiger partial charge in [-0.05, 0) is 49.9 Å². The maximum absolute atomic E-state index is 13.5. The van der Waals surface area contributed by atoms with E-state index in [0.29, 0.717) is 52.4 Å². The van der Waals surface area contributed by atoms with Gasteiger partial charge in [0.25, 0.3) is 5.56 Å². The van der Waals surface area contributed by atoms with Crippen molar-refractivity contribution in [3.63, 3.8) is 0 Å². The van der Waals surface area contributed by atoms with Crippen molar-refractivity contribution in [3.05, 3.63) is 86.3 Å². The number of aromatic nitrogens is 2. The smallest absolute Gasteiger partial charge is 0.257 e. The molecule has 0 fully saturated rings. The molecule has 2 aromatic carbocycles. The lowest BCUT2D eigenvalue weighted by Gasteiger charge is -2.33. The van der Waals surface area contributed by atoms with Crippen LogP contribution in [0.25, 0.3) is 0 Å². The van der Waals surface area contributed by atoms with Gasteiger partial charge in [0, 0.05) is 29.4 Å². The SMILES string of the molecule is CCOc1ccc(C2C3=C(CCCC3=O)Nc3nc(SCc4ccc(C)cc4)[nH]c(=O)c32)cc1OC. The van der Waals surface area contributed by atoms with Crippen molar-refractivity contribution in [2.45, 2.75) is 49.9 Å². The number of rotatable bonds is 7. The van der Waals surface area contributed by atoms with Gasteiger partial charge in [-0.25, -0.2) is 4.98 Å². The lowest BCUT2D eigenvalue weighted by molar-refractivity contribution is -0.116. The van der Waals surface area contributed by atoms with E-state index in [1.54, 1.807) is 7.11 Å². The van der Waals surface area contributed by atoms with Gasteiger partial charge >= 0.3 is 0 Å². The van der Waals surface area contributed by atoms with Crippen molar-refractivity contribution in [1.29, 1.82) is 0 Å². The molecule has 2 aliphatic rings. The number of ether oxygens (including phenoxy) is 2. The number of aryl methyl sites for hydroxylation is 1. The summed E-state index contributed by atoms with van der Waals surface area (Å²) in [5.41, 5.74) is 4.86. The lowest BCUT2D eigenvalue weighted by atomic mass is 9.76. The Hall–Kier alpha value is -3.52. The van der Waals surface area contributed by atoms with Gasteiger partial charge in [-0.15, -0.1) is 0 Å². The maximum Gasteiger partial charge on any atom is 0.257 e. The standard InChI is InChI=1S/C28H29N3O4S/c1-4-35-21-13-12-18(14-22(21)34-3)23-24-19(6-5-7-20(24)32)29-26-25(23)27(33)31-28(30-26)36-15-17-10-8-16(2)9-11-17/h8-14,23H,4-7,15H2,1-3H3,(H2,29,30,31,33). The summed E-state index contributed by atoms with van der Waals surface area (Å²) in [5, 5.41) is 3.88. The Labute approximate surface area is 214 Å². The van der Waals surface area contributed by atoms with Crippen molar-refractivity contribution in [2.24, 2.45) is 0 Å². The van der Waals surface area contributed by atoms with Crippen LogP contribution in [0.5, 0.6) is 11.5 Å². The summed E-state index contributed by atoms with van der Waals surface area (Å²) in [6, 6.07) is 13.9. The number of benzene rings is 2. The highest BCUT2D eigenvalue weighted by molar-refractivity contribution is 7.98. The van der Waals surface area contributed by atoms with Gasteiger partial charge in [0.15, 0.2) is 22.4 Å². The predicted molar refractivity (Wildman–Crippen MR) is 141 cm³/mol. The molecular weight excluding hydrogens is 474 g/mol. The first-order valence-electron chi connectivity index (χ1n) is 12.1. The molecule has 1 aliphatic carbocycles. The van der Waals surface area contributed by atoms with Crippen molar-refractivity contribution < 1.29 is 14.3 Å². The molecule has 2 N–H and O–H groups in total. The summed E-state index contributed by atoms with van der Waals surface area (Å²) >= 11 is 1.48. The van der Waals surface area contributed by atoms with Crippen molar-refractivity contribution in [1.82, 2.24) is 9.97 Å². The molecule has 0 bridgehead atoms. The van der Waals surface area contributed by atoms with Crippen molar-refractivity contribution >= 4 is 23.4 Å². The molecule has 1 aliphatic heterocycles. The second-order valence-corrected chi connectivity index (χ2v) is 9.94. The number of allylic oxidation sites excluding steroid dienone is 2. The monoisotopic (exact) mass is 503 g/mol. The Kier molecular flexibility index (Phi) is 6.87. The summed E-state index contributed by atoms with van der Waals surface area (Å²) < 4.78 is 11.2. The number of aromatic amines is 1. The van der Waals surface area contributed by atoms with Crippen LogP contribution < -0.4 is 20.3 Å². The number of ketones is 1. The number of thioether (sulfide) groups is 1. The van der Waals surface area contributed by atoms with E-state index in [1.165, 1.54) is 17.3 Å². The van der Waals surface area contributed by atoms with Gasteiger partial charge in [-0.3, -0.25) is 9.59 Å². The molecule has 2 heterocycles. The third kappa shape index (κ3) is 4.65. The minimum absolute atomic E-state index is 0.0597. The molecule has 0 saturated carbocycles. The van der Waals surface area contributed by atoms with Gasteiger partial charge in [0.1, 0.15) is 5.82 Å². The molecule has 0 saturated heterocycles. The number of anilines is 1. The van der Waals surface area contributed by atoms with E-state index >= 15 is 0 Å². The van der Waals surface area contributed by atoms with Crippen LogP contribution in [0, 0.1) is 6.92 Å². The van der Waals surface area contributed by atoms with E-state index in [4.69, 9.17) is 14.5 Å².